The molecule has 1 aliphatic carbocycles. The molecule has 4 rings (SSSR count). The van der Waals surface area contributed by atoms with Crippen LogP contribution in [-0.4, -0.2) is 61.0 Å². The Bertz CT molecular complexity index is 1150. The van der Waals surface area contributed by atoms with Gasteiger partial charge in [-0.2, -0.15) is 5.26 Å². The molecule has 1 saturated heterocycles. The number of nitriles is 1. The van der Waals surface area contributed by atoms with Crippen molar-refractivity contribution in [2.24, 2.45) is 0 Å². The van der Waals surface area contributed by atoms with Crippen LogP contribution in [0.25, 0.3) is 0 Å². The van der Waals surface area contributed by atoms with Gasteiger partial charge in [-0.1, -0.05) is 25.1 Å². The van der Waals surface area contributed by atoms with Crippen molar-refractivity contribution in [1.82, 2.24) is 9.88 Å². The summed E-state index contributed by atoms with van der Waals surface area (Å²) in [5.74, 6) is 1.81. The van der Waals surface area contributed by atoms with Gasteiger partial charge in [0.15, 0.2) is 5.78 Å². The number of anilines is 1. The van der Waals surface area contributed by atoms with Crippen molar-refractivity contribution >= 4 is 17.5 Å². The number of methoxy groups -OCH3 is 1. The van der Waals surface area contributed by atoms with Gasteiger partial charge in [0.2, 0.25) is 5.91 Å². The highest BCUT2D eigenvalue weighted by molar-refractivity contribution is 5.95. The summed E-state index contributed by atoms with van der Waals surface area (Å²) < 4.78 is 11.2. The van der Waals surface area contributed by atoms with Gasteiger partial charge < -0.3 is 19.3 Å². The van der Waals surface area contributed by atoms with Crippen LogP contribution in [0.2, 0.25) is 0 Å². The number of ether oxygens (including phenoxy) is 2. The number of carbonyl (C=O) groups is 2. The lowest BCUT2D eigenvalue weighted by Crippen LogP contribution is -2.54. The van der Waals surface area contributed by atoms with Crippen molar-refractivity contribution in [2.75, 3.05) is 38.3 Å². The van der Waals surface area contributed by atoms with Crippen molar-refractivity contribution in [2.45, 2.75) is 58.1 Å². The number of rotatable bonds is 10. The highest BCUT2D eigenvalue weighted by Crippen LogP contribution is 2.45. The molecule has 1 aromatic heterocycles. The monoisotopic (exact) mass is 490 g/mol. The predicted octanol–water partition coefficient (Wildman–Crippen LogP) is 4.08. The predicted molar refractivity (Wildman–Crippen MR) is 136 cm³/mol. The molecule has 2 aliphatic rings. The van der Waals surface area contributed by atoms with Gasteiger partial charge in [-0.15, -0.1) is 0 Å². The summed E-state index contributed by atoms with van der Waals surface area (Å²) in [4.78, 5) is 33.5. The number of hydrogen-bond donors (Lipinski definition) is 0. The third-order valence-corrected chi connectivity index (χ3v) is 6.81. The average molecular weight is 491 g/mol. The zero-order chi connectivity index (χ0) is 25.7. The largest absolute Gasteiger partial charge is 0.487 e. The molecule has 1 unspecified atom stereocenters. The molecule has 1 amide bonds. The summed E-state index contributed by atoms with van der Waals surface area (Å²) in [5, 5.41) is 9.94. The van der Waals surface area contributed by atoms with Gasteiger partial charge in [-0.25, -0.2) is 4.98 Å². The van der Waals surface area contributed by atoms with Crippen LogP contribution in [0.5, 0.6) is 5.75 Å². The molecular formula is C28H34N4O4. The van der Waals surface area contributed by atoms with Gasteiger partial charge in [0.25, 0.3) is 0 Å². The molecule has 2 aromatic rings. The van der Waals surface area contributed by atoms with E-state index in [0.717, 1.165) is 24.1 Å². The number of amides is 1. The molecule has 36 heavy (non-hydrogen) atoms. The highest BCUT2D eigenvalue weighted by atomic mass is 16.5. The van der Waals surface area contributed by atoms with E-state index in [2.05, 4.69) is 11.0 Å². The van der Waals surface area contributed by atoms with Crippen molar-refractivity contribution in [1.29, 1.82) is 5.26 Å². The van der Waals surface area contributed by atoms with Crippen LogP contribution in [0.1, 0.15) is 72.6 Å². The lowest BCUT2D eigenvalue weighted by molar-refractivity contribution is -0.134. The topological polar surface area (TPSA) is 95.8 Å². The van der Waals surface area contributed by atoms with Gasteiger partial charge in [-0.05, 0) is 31.4 Å². The summed E-state index contributed by atoms with van der Waals surface area (Å²) in [6.07, 6.45) is 2.93. The minimum Gasteiger partial charge on any atom is -0.487 e. The zero-order valence-corrected chi connectivity index (χ0v) is 21.3. The molecule has 2 heterocycles. The summed E-state index contributed by atoms with van der Waals surface area (Å²) in [5.41, 5.74) is 2.94. The first-order chi connectivity index (χ1) is 17.4. The molecule has 8 heteroatoms. The zero-order valence-electron chi connectivity index (χ0n) is 21.3. The molecule has 190 valence electrons. The first-order valence-electron chi connectivity index (χ1n) is 12.7. The fourth-order valence-corrected chi connectivity index (χ4v) is 4.64. The number of hydrogen-bond acceptors (Lipinski definition) is 7. The van der Waals surface area contributed by atoms with E-state index in [1.54, 1.807) is 13.2 Å². The van der Waals surface area contributed by atoms with E-state index < -0.39 is 0 Å². The fourth-order valence-electron chi connectivity index (χ4n) is 4.64. The number of aromatic nitrogens is 1. The second-order valence-electron chi connectivity index (χ2n) is 9.52. The van der Waals surface area contributed by atoms with Crippen molar-refractivity contribution in [3.05, 3.63) is 52.7 Å². The number of benzene rings is 1. The van der Waals surface area contributed by atoms with Crippen LogP contribution in [-0.2, 0) is 16.1 Å². The number of ketones is 1. The molecule has 2 fully saturated rings. The van der Waals surface area contributed by atoms with E-state index in [1.807, 2.05) is 43.0 Å². The maximum atomic E-state index is 12.5. The minimum absolute atomic E-state index is 0.00913. The van der Waals surface area contributed by atoms with Gasteiger partial charge in [0, 0.05) is 56.8 Å². The third kappa shape index (κ3) is 5.85. The normalized spacial score (nSPS) is 17.6. The summed E-state index contributed by atoms with van der Waals surface area (Å²) >= 11 is 0. The molecule has 1 aromatic carbocycles. The SMILES string of the molecule is CCC(=O)c1cccc(COc2cc(C#N)c(N3CCN(C(=O)CCOC)C(C)C3)nc2C2CC2)c1. The van der Waals surface area contributed by atoms with E-state index >= 15 is 0 Å². The standard InChI is InChI=1S/C28H34N4O4/c1-4-24(33)22-7-5-6-20(14-22)18-36-25-15-23(16-29)28(30-27(25)21-8-9-21)31-11-12-32(19(2)17-31)26(34)10-13-35-3/h5-7,14-15,19,21H,4,8-13,17-18H2,1-3H3. The molecule has 0 bridgehead atoms. The Hall–Kier alpha value is -3.44. The Morgan fingerprint density at radius 2 is 2.03 bits per heavy atom. The Kier molecular flexibility index (Phi) is 8.21. The second kappa shape index (κ2) is 11.5. The van der Waals surface area contributed by atoms with Crippen LogP contribution < -0.4 is 9.64 Å². The first kappa shape index (κ1) is 25.6. The molecule has 8 nitrogen and oxygen atoms in total. The Labute approximate surface area is 212 Å². The lowest BCUT2D eigenvalue weighted by atomic mass is 10.1. The third-order valence-electron chi connectivity index (χ3n) is 6.81. The first-order valence-corrected chi connectivity index (χ1v) is 12.7. The summed E-state index contributed by atoms with van der Waals surface area (Å²) in [7, 11) is 1.60. The van der Waals surface area contributed by atoms with Crippen molar-refractivity contribution in [3.8, 4) is 11.8 Å². The Morgan fingerprint density at radius 3 is 2.69 bits per heavy atom. The Balaban J connectivity index is 1.52. The van der Waals surface area contributed by atoms with Gasteiger partial charge in [-0.3, -0.25) is 9.59 Å². The molecule has 1 saturated carbocycles. The quantitative estimate of drug-likeness (QED) is 0.463. The van der Waals surface area contributed by atoms with Crippen LogP contribution >= 0.6 is 0 Å². The number of pyridine rings is 1. The van der Waals surface area contributed by atoms with Crippen molar-refractivity contribution in [3.63, 3.8) is 0 Å². The average Bonchev–Trinajstić information content (AvgIpc) is 3.75. The number of piperazine rings is 1. The molecule has 0 radical (unpaired) electrons. The second-order valence-corrected chi connectivity index (χ2v) is 9.52. The number of carbonyl (C=O) groups excluding carboxylic acids is 2. The fraction of sp³-hybridized carbons (Fsp3) is 0.500. The van der Waals surface area contributed by atoms with Gasteiger partial charge in [0.1, 0.15) is 24.2 Å². The smallest absolute Gasteiger partial charge is 0.225 e. The minimum atomic E-state index is 0.00913. The van der Waals surface area contributed by atoms with E-state index in [9.17, 15) is 14.9 Å². The van der Waals surface area contributed by atoms with Crippen LogP contribution in [0.4, 0.5) is 5.82 Å². The van der Waals surface area contributed by atoms with E-state index in [-0.39, 0.29) is 17.7 Å². The molecular weight excluding hydrogens is 456 g/mol. The maximum Gasteiger partial charge on any atom is 0.225 e. The molecule has 1 aliphatic heterocycles. The van der Waals surface area contributed by atoms with E-state index in [1.165, 1.54) is 0 Å². The van der Waals surface area contributed by atoms with Crippen LogP contribution in [0, 0.1) is 11.3 Å². The number of Topliss-reactive ketones (excluding diaryl/α,β-unsaturated/α-hetero) is 1. The van der Waals surface area contributed by atoms with Crippen molar-refractivity contribution < 1.29 is 19.1 Å². The van der Waals surface area contributed by atoms with E-state index in [4.69, 9.17) is 14.5 Å². The Morgan fingerprint density at radius 1 is 1.22 bits per heavy atom. The maximum absolute atomic E-state index is 12.5. The van der Waals surface area contributed by atoms with Crippen LogP contribution in [0.3, 0.4) is 0 Å². The summed E-state index contributed by atoms with van der Waals surface area (Å²) in [6, 6.07) is 11.6. The van der Waals surface area contributed by atoms with Gasteiger partial charge in [0.05, 0.1) is 24.3 Å². The summed E-state index contributed by atoms with van der Waals surface area (Å²) in [6.45, 7) is 6.41. The molecule has 1 atom stereocenters. The molecule has 0 N–H and O–H groups in total. The lowest BCUT2D eigenvalue weighted by Gasteiger charge is -2.40. The van der Waals surface area contributed by atoms with Gasteiger partial charge >= 0.3 is 0 Å². The van der Waals surface area contributed by atoms with Crippen LogP contribution in [0.15, 0.2) is 30.3 Å². The van der Waals surface area contributed by atoms with E-state index in [0.29, 0.717) is 74.3 Å². The highest BCUT2D eigenvalue weighted by Gasteiger charge is 2.33. The number of nitrogens with zero attached hydrogens (tertiary/aromatic N) is 4. The molecule has 0 spiro atoms.